The number of aromatic amines is 1. The third-order valence-corrected chi connectivity index (χ3v) is 3.95. The molecule has 0 atom stereocenters. The second-order valence-electron chi connectivity index (χ2n) is 7.14. The van der Waals surface area contributed by atoms with Crippen molar-refractivity contribution in [1.82, 2.24) is 9.61 Å². The van der Waals surface area contributed by atoms with Gasteiger partial charge in [0.15, 0.2) is 0 Å². The fraction of sp³-hybridized carbons (Fsp3) is 0.250. The lowest BCUT2D eigenvalue weighted by Crippen LogP contribution is -2.36. The number of hydrogen-bond acceptors (Lipinski definition) is 4. The van der Waals surface area contributed by atoms with Crippen molar-refractivity contribution in [1.29, 1.82) is 5.26 Å². The standard InChI is InChI=1S/C20H20N4O3/c1-13-7-5-6-8-15(13)23(19(26)27-20(2,3)4)18-11-17(25)14(12-21)16-9-10-22-24(16)18/h5-11,22H,1-4H3. The summed E-state index contributed by atoms with van der Waals surface area (Å²) < 4.78 is 7.10. The molecule has 7 nitrogen and oxygen atoms in total. The molecule has 1 N–H and O–H groups in total. The van der Waals surface area contributed by atoms with Crippen molar-refractivity contribution in [3.05, 3.63) is 63.9 Å². The van der Waals surface area contributed by atoms with E-state index in [0.717, 1.165) is 5.56 Å². The third-order valence-electron chi connectivity index (χ3n) is 3.95. The zero-order valence-electron chi connectivity index (χ0n) is 15.6. The minimum atomic E-state index is -0.718. The van der Waals surface area contributed by atoms with E-state index >= 15 is 0 Å². The van der Waals surface area contributed by atoms with Crippen LogP contribution in [0.4, 0.5) is 16.3 Å². The normalized spacial score (nSPS) is 11.2. The first-order chi connectivity index (χ1) is 12.7. The number of fused-ring (bicyclic) bond motifs is 1. The molecule has 1 aromatic carbocycles. The van der Waals surface area contributed by atoms with Gasteiger partial charge in [0.2, 0.25) is 5.43 Å². The van der Waals surface area contributed by atoms with E-state index in [1.54, 1.807) is 45.2 Å². The number of aromatic nitrogens is 2. The van der Waals surface area contributed by atoms with E-state index in [2.05, 4.69) is 5.10 Å². The number of benzene rings is 1. The molecule has 27 heavy (non-hydrogen) atoms. The largest absolute Gasteiger partial charge is 0.443 e. The van der Waals surface area contributed by atoms with Gasteiger partial charge in [0.1, 0.15) is 23.1 Å². The van der Waals surface area contributed by atoms with Crippen molar-refractivity contribution >= 4 is 23.1 Å². The lowest BCUT2D eigenvalue weighted by Gasteiger charge is -2.28. The van der Waals surface area contributed by atoms with Crippen molar-refractivity contribution < 1.29 is 9.53 Å². The first-order valence-electron chi connectivity index (χ1n) is 8.45. The van der Waals surface area contributed by atoms with Gasteiger partial charge in [0.25, 0.3) is 0 Å². The summed E-state index contributed by atoms with van der Waals surface area (Å²) in [6, 6.07) is 12.1. The summed E-state index contributed by atoms with van der Waals surface area (Å²) in [7, 11) is 0. The average Bonchev–Trinajstić information content (AvgIpc) is 3.05. The van der Waals surface area contributed by atoms with Crippen LogP contribution in [-0.4, -0.2) is 21.3 Å². The van der Waals surface area contributed by atoms with Gasteiger partial charge in [-0.1, -0.05) is 18.2 Å². The number of nitrogens with zero attached hydrogens (tertiary/aromatic N) is 3. The zero-order valence-corrected chi connectivity index (χ0v) is 15.6. The van der Waals surface area contributed by atoms with E-state index in [1.165, 1.54) is 15.5 Å². The summed E-state index contributed by atoms with van der Waals surface area (Å²) in [6.07, 6.45) is 0.980. The quantitative estimate of drug-likeness (QED) is 0.747. The number of hydrogen-bond donors (Lipinski definition) is 1. The summed E-state index contributed by atoms with van der Waals surface area (Å²) in [5.74, 6) is 0.266. The van der Waals surface area contributed by atoms with Crippen molar-refractivity contribution in [2.24, 2.45) is 0 Å². The highest BCUT2D eigenvalue weighted by Gasteiger charge is 2.28. The van der Waals surface area contributed by atoms with Gasteiger partial charge in [-0.25, -0.2) is 14.2 Å². The Morgan fingerprint density at radius 3 is 2.59 bits per heavy atom. The molecule has 0 aliphatic heterocycles. The lowest BCUT2D eigenvalue weighted by molar-refractivity contribution is 0.0597. The first kappa shape index (κ1) is 18.3. The SMILES string of the molecule is Cc1ccccc1N(C(=O)OC(C)(C)C)c1cc(=O)c(C#N)c2cc[nH]n12. The van der Waals surface area contributed by atoms with Gasteiger partial charge in [0, 0.05) is 12.3 Å². The Bertz CT molecular complexity index is 1110. The smallest absolute Gasteiger partial charge is 0.420 e. The van der Waals surface area contributed by atoms with Gasteiger partial charge in [-0.3, -0.25) is 9.89 Å². The molecule has 0 spiro atoms. The number of ether oxygens (including phenoxy) is 1. The third kappa shape index (κ3) is 3.42. The molecule has 0 radical (unpaired) electrons. The Balaban J connectivity index is 2.30. The van der Waals surface area contributed by atoms with Crippen molar-refractivity contribution in [2.75, 3.05) is 4.90 Å². The van der Waals surface area contributed by atoms with Crippen LogP contribution in [0.2, 0.25) is 0 Å². The highest BCUT2D eigenvalue weighted by atomic mass is 16.6. The molecule has 1 amide bonds. The van der Waals surface area contributed by atoms with Crippen molar-refractivity contribution in [3.63, 3.8) is 0 Å². The van der Waals surface area contributed by atoms with E-state index in [4.69, 9.17) is 4.74 Å². The molecule has 3 rings (SSSR count). The Morgan fingerprint density at radius 2 is 1.96 bits per heavy atom. The summed E-state index contributed by atoms with van der Waals surface area (Å²) in [5.41, 5.74) is 0.634. The summed E-state index contributed by atoms with van der Waals surface area (Å²) in [5, 5.41) is 12.3. The number of anilines is 2. The number of rotatable bonds is 2. The molecule has 0 unspecified atom stereocenters. The molecule has 2 aromatic heterocycles. The molecular formula is C20H20N4O3. The number of nitrogens with one attached hydrogen (secondary N) is 1. The Hall–Kier alpha value is -3.53. The molecule has 0 bridgehead atoms. The molecule has 7 heteroatoms. The summed E-state index contributed by atoms with van der Waals surface area (Å²) in [6.45, 7) is 7.19. The number of para-hydroxylation sites is 1. The van der Waals surface area contributed by atoms with Crippen LogP contribution in [0.3, 0.4) is 0 Å². The van der Waals surface area contributed by atoms with E-state index in [0.29, 0.717) is 11.2 Å². The fourth-order valence-corrected chi connectivity index (χ4v) is 2.81. The second-order valence-corrected chi connectivity index (χ2v) is 7.14. The topological polar surface area (TPSA) is 90.6 Å². The number of carbonyl (C=O) groups excluding carboxylic acids is 1. The maximum absolute atomic E-state index is 13.1. The molecule has 0 fully saturated rings. The highest BCUT2D eigenvalue weighted by Crippen LogP contribution is 2.30. The molecule has 3 aromatic rings. The molecule has 0 saturated heterocycles. The number of nitriles is 1. The van der Waals surface area contributed by atoms with Crippen LogP contribution >= 0.6 is 0 Å². The Morgan fingerprint density at radius 1 is 1.26 bits per heavy atom. The van der Waals surface area contributed by atoms with Crippen LogP contribution in [0.1, 0.15) is 31.9 Å². The minimum absolute atomic E-state index is 0.00826. The van der Waals surface area contributed by atoms with Gasteiger partial charge in [0.05, 0.1) is 11.2 Å². The Labute approximate surface area is 156 Å². The number of H-pyrrole nitrogens is 1. The van der Waals surface area contributed by atoms with Crippen molar-refractivity contribution in [2.45, 2.75) is 33.3 Å². The van der Waals surface area contributed by atoms with Crippen LogP contribution in [-0.2, 0) is 4.74 Å². The molecule has 138 valence electrons. The van der Waals surface area contributed by atoms with Crippen LogP contribution < -0.4 is 10.3 Å². The number of pyridine rings is 1. The first-order valence-corrected chi connectivity index (χ1v) is 8.45. The van der Waals surface area contributed by atoms with Crippen LogP contribution in [0.25, 0.3) is 5.52 Å². The van der Waals surface area contributed by atoms with Gasteiger partial charge < -0.3 is 4.74 Å². The van der Waals surface area contributed by atoms with E-state index < -0.39 is 17.1 Å². The molecule has 2 heterocycles. The summed E-state index contributed by atoms with van der Waals surface area (Å²) >= 11 is 0. The predicted octanol–water partition coefficient (Wildman–Crippen LogP) is 3.88. The van der Waals surface area contributed by atoms with E-state index in [1.807, 2.05) is 25.1 Å². The zero-order chi connectivity index (χ0) is 19.8. The molecular weight excluding hydrogens is 344 g/mol. The van der Waals surface area contributed by atoms with Gasteiger partial charge >= 0.3 is 6.09 Å². The van der Waals surface area contributed by atoms with Gasteiger partial charge in [-0.15, -0.1) is 0 Å². The number of aryl methyl sites for hydroxylation is 1. The van der Waals surface area contributed by atoms with Gasteiger partial charge in [-0.05, 0) is 45.4 Å². The highest BCUT2D eigenvalue weighted by molar-refractivity contribution is 5.96. The van der Waals surface area contributed by atoms with Crippen LogP contribution in [0, 0.1) is 18.3 Å². The predicted molar refractivity (Wildman–Crippen MR) is 102 cm³/mol. The molecule has 0 aliphatic carbocycles. The van der Waals surface area contributed by atoms with Crippen LogP contribution in [0.15, 0.2) is 47.4 Å². The number of carbonyl (C=O) groups is 1. The van der Waals surface area contributed by atoms with E-state index in [-0.39, 0.29) is 11.4 Å². The maximum atomic E-state index is 13.1. The second kappa shape index (κ2) is 6.65. The lowest BCUT2D eigenvalue weighted by atomic mass is 10.1. The maximum Gasteiger partial charge on any atom is 0.420 e. The Kier molecular flexibility index (Phi) is 4.50. The summed E-state index contributed by atoms with van der Waals surface area (Å²) in [4.78, 5) is 26.9. The van der Waals surface area contributed by atoms with Crippen LogP contribution in [0.5, 0.6) is 0 Å². The van der Waals surface area contributed by atoms with E-state index in [9.17, 15) is 14.9 Å². The number of amides is 1. The molecule has 0 aliphatic rings. The average molecular weight is 364 g/mol. The fourth-order valence-electron chi connectivity index (χ4n) is 2.81. The van der Waals surface area contributed by atoms with Crippen molar-refractivity contribution in [3.8, 4) is 6.07 Å². The monoisotopic (exact) mass is 364 g/mol. The van der Waals surface area contributed by atoms with Gasteiger partial charge in [-0.2, -0.15) is 5.26 Å². The molecule has 0 saturated carbocycles. The minimum Gasteiger partial charge on any atom is -0.443 e.